The number of benzene rings is 2. The van der Waals surface area contributed by atoms with Crippen LogP contribution in [0.2, 0.25) is 0 Å². The van der Waals surface area contributed by atoms with Crippen LogP contribution >= 0.6 is 0 Å². The van der Waals surface area contributed by atoms with Crippen molar-refractivity contribution >= 4 is 18.3 Å². The molecule has 5 rings (SSSR count). The van der Waals surface area contributed by atoms with E-state index in [0.717, 1.165) is 5.56 Å². The van der Waals surface area contributed by atoms with Crippen LogP contribution in [0.5, 0.6) is 0 Å². The van der Waals surface area contributed by atoms with Gasteiger partial charge in [-0.3, -0.25) is 4.79 Å². The predicted molar refractivity (Wildman–Crippen MR) is 129 cm³/mol. The number of nitrogens with zero attached hydrogens (tertiary/aromatic N) is 2. The number of allylic oxidation sites excluding steroid dienone is 6. The Kier molecular flexibility index (Phi) is 5.30. The quantitative estimate of drug-likeness (QED) is 0.626. The Morgan fingerprint density at radius 3 is 2.35 bits per heavy atom. The van der Waals surface area contributed by atoms with Gasteiger partial charge in [-0.1, -0.05) is 67.6 Å². The van der Waals surface area contributed by atoms with E-state index in [1.165, 1.54) is 6.08 Å². The number of nitrogens with two attached hydrogens (primary N) is 2. The normalized spacial score (nSPS) is 22.9. The molecule has 2 unspecified atom stereocenters. The molecular weight excluding hydrogens is 433 g/mol. The molecular formula is C26H23BF2N4O. The third-order valence-electron chi connectivity index (χ3n) is 6.73. The summed E-state index contributed by atoms with van der Waals surface area (Å²) < 4.78 is 33.4. The molecule has 4 N–H and O–H groups in total. The fraction of sp³-hybridized carbons (Fsp3) is 0.192. The smallest absolute Gasteiger partial charge is 0.328 e. The molecule has 2 atom stereocenters. The fourth-order valence-corrected chi connectivity index (χ4v) is 4.91. The Morgan fingerprint density at radius 1 is 1.09 bits per heavy atom. The number of fused-ring (bicyclic) bond motifs is 1. The van der Waals surface area contributed by atoms with Crippen molar-refractivity contribution in [3.63, 3.8) is 0 Å². The van der Waals surface area contributed by atoms with Gasteiger partial charge >= 0.3 is 6.99 Å². The average molecular weight is 456 g/mol. The minimum Gasteiger partial charge on any atom is -0.328 e. The Balaban J connectivity index is 1.74. The molecule has 0 bridgehead atoms. The van der Waals surface area contributed by atoms with Gasteiger partial charge in [0.25, 0.3) is 0 Å². The van der Waals surface area contributed by atoms with Crippen LogP contribution in [0, 0.1) is 0 Å². The number of hydrogen-bond acceptors (Lipinski definition) is 5. The number of rotatable bonds is 6. The molecule has 34 heavy (non-hydrogen) atoms. The second-order valence-corrected chi connectivity index (χ2v) is 8.64. The molecule has 0 aromatic heterocycles. The summed E-state index contributed by atoms with van der Waals surface area (Å²) in [5.41, 5.74) is 10.5. The van der Waals surface area contributed by atoms with Crippen molar-refractivity contribution in [1.29, 1.82) is 0 Å². The lowest BCUT2D eigenvalue weighted by Crippen LogP contribution is -2.55. The summed E-state index contributed by atoms with van der Waals surface area (Å²) in [6.07, 6.45) is 3.19. The van der Waals surface area contributed by atoms with Gasteiger partial charge in [-0.05, 0) is 39.9 Å². The molecule has 1 aliphatic carbocycles. The van der Waals surface area contributed by atoms with Crippen LogP contribution in [0.15, 0.2) is 111 Å². The van der Waals surface area contributed by atoms with Crippen LogP contribution in [0.25, 0.3) is 5.57 Å². The number of carbonyl (C=O) groups is 1. The zero-order valence-corrected chi connectivity index (χ0v) is 18.6. The van der Waals surface area contributed by atoms with Gasteiger partial charge < -0.3 is 15.8 Å². The van der Waals surface area contributed by atoms with Crippen LogP contribution in [-0.4, -0.2) is 24.9 Å². The summed E-state index contributed by atoms with van der Waals surface area (Å²) in [7, 11) is 0. The molecule has 2 heterocycles. The van der Waals surface area contributed by atoms with E-state index in [9.17, 15) is 4.79 Å². The van der Waals surface area contributed by atoms with Gasteiger partial charge in [0.05, 0.1) is 11.4 Å². The van der Waals surface area contributed by atoms with Crippen LogP contribution in [0.4, 0.5) is 8.71 Å². The molecule has 2 aliphatic heterocycles. The van der Waals surface area contributed by atoms with E-state index in [-0.39, 0.29) is 41.1 Å². The third-order valence-corrected chi connectivity index (χ3v) is 6.73. The Hall–Kier alpha value is -3.49. The van der Waals surface area contributed by atoms with Crippen molar-refractivity contribution in [2.45, 2.75) is 24.6 Å². The second-order valence-electron chi connectivity index (χ2n) is 8.64. The van der Waals surface area contributed by atoms with E-state index in [1.54, 1.807) is 43.3 Å². The van der Waals surface area contributed by atoms with Crippen molar-refractivity contribution in [2.24, 2.45) is 21.7 Å². The molecule has 0 saturated heterocycles. The monoisotopic (exact) mass is 456 g/mol. The standard InChI is InChI=1S/C26H23BF2N4O/c1-2-21(34)26(31,15-30)24-22-20(32-33-24)13-18-19(16-9-5-3-6-10-16)14-25(28,23(18)27(22)29)17-11-7-4-8-12-17/h3-14H,2,15,30-31H2,1H3. The highest BCUT2D eigenvalue weighted by Crippen LogP contribution is 2.54. The first kappa shape index (κ1) is 22.3. The molecule has 5 nitrogen and oxygen atoms in total. The highest BCUT2D eigenvalue weighted by Gasteiger charge is 2.54. The molecule has 0 spiro atoms. The molecule has 0 radical (unpaired) electrons. The molecule has 8 heteroatoms. The maximum absolute atomic E-state index is 16.9. The van der Waals surface area contributed by atoms with Crippen molar-refractivity contribution in [3.05, 3.63) is 112 Å². The highest BCUT2D eigenvalue weighted by molar-refractivity contribution is 6.70. The van der Waals surface area contributed by atoms with E-state index >= 15 is 8.71 Å². The zero-order chi connectivity index (χ0) is 24.1. The first-order valence-electron chi connectivity index (χ1n) is 11.2. The fourth-order valence-electron chi connectivity index (χ4n) is 4.91. The highest BCUT2D eigenvalue weighted by atomic mass is 19.1. The minimum atomic E-state index is -2.21. The third kappa shape index (κ3) is 3.10. The number of Topliss-reactive ketones (excluding diaryl/α,β-unsaturated/α-hetero) is 1. The summed E-state index contributed by atoms with van der Waals surface area (Å²) in [6, 6.07) is 17.7. The summed E-state index contributed by atoms with van der Waals surface area (Å²) in [4.78, 5) is 12.7. The molecule has 0 saturated carbocycles. The number of alkyl halides is 1. The molecule has 2 aromatic carbocycles. The zero-order valence-electron chi connectivity index (χ0n) is 18.6. The van der Waals surface area contributed by atoms with E-state index < -0.39 is 18.2 Å². The second kappa shape index (κ2) is 8.08. The number of carbonyl (C=O) groups excluding carboxylic acids is 1. The van der Waals surface area contributed by atoms with Gasteiger partial charge in [0, 0.05) is 18.4 Å². The lowest BCUT2D eigenvalue weighted by molar-refractivity contribution is -0.122. The molecule has 0 amide bonds. The first-order chi connectivity index (χ1) is 16.3. The van der Waals surface area contributed by atoms with Crippen LogP contribution in [0.3, 0.4) is 0 Å². The van der Waals surface area contributed by atoms with Gasteiger partial charge in [-0.2, -0.15) is 10.2 Å². The summed E-state index contributed by atoms with van der Waals surface area (Å²) in [5.74, 6) is -0.381. The molecule has 0 fully saturated rings. The molecule has 170 valence electrons. The van der Waals surface area contributed by atoms with E-state index in [4.69, 9.17) is 11.5 Å². The van der Waals surface area contributed by atoms with Gasteiger partial charge in [-0.25, -0.2) is 4.39 Å². The number of ketones is 1. The average Bonchev–Trinajstić information content (AvgIpc) is 3.45. The van der Waals surface area contributed by atoms with Gasteiger partial charge in [0.1, 0.15) is 5.54 Å². The largest absolute Gasteiger partial charge is 0.418 e. The minimum absolute atomic E-state index is 0.00849. The van der Waals surface area contributed by atoms with E-state index in [0.29, 0.717) is 16.7 Å². The van der Waals surface area contributed by atoms with Crippen molar-refractivity contribution in [1.82, 2.24) is 0 Å². The maximum Gasteiger partial charge on any atom is 0.418 e. The first-order valence-corrected chi connectivity index (χ1v) is 11.2. The molecule has 3 aliphatic rings. The Bertz CT molecular complexity index is 1330. The van der Waals surface area contributed by atoms with Crippen molar-refractivity contribution in [3.8, 4) is 0 Å². The predicted octanol–water partition coefficient (Wildman–Crippen LogP) is 4.54. The molecule has 2 aromatic rings. The topological polar surface area (TPSA) is 93.8 Å². The summed E-state index contributed by atoms with van der Waals surface area (Å²) in [6.45, 7) is -0.533. The lowest BCUT2D eigenvalue weighted by atomic mass is 9.48. The van der Waals surface area contributed by atoms with Crippen LogP contribution < -0.4 is 11.5 Å². The van der Waals surface area contributed by atoms with Crippen molar-refractivity contribution < 1.29 is 13.5 Å². The summed E-state index contributed by atoms with van der Waals surface area (Å²) in [5, 5.41) is 8.22. The maximum atomic E-state index is 16.9. The SMILES string of the molecule is CCC(=O)C(N)(CN)C1=C2B(F)C3=C(C=C2N=N1)C(c1ccccc1)=CC3(F)c1ccccc1. The lowest BCUT2D eigenvalue weighted by Gasteiger charge is -2.30. The van der Waals surface area contributed by atoms with E-state index in [1.807, 2.05) is 30.3 Å². The van der Waals surface area contributed by atoms with E-state index in [2.05, 4.69) is 10.2 Å². The summed E-state index contributed by atoms with van der Waals surface area (Å²) >= 11 is 0. The number of azo groups is 1. The Labute approximate surface area is 196 Å². The number of hydrogen-bond donors (Lipinski definition) is 2. The van der Waals surface area contributed by atoms with Crippen LogP contribution in [-0.2, 0) is 10.5 Å². The van der Waals surface area contributed by atoms with Gasteiger partial charge in [-0.15, -0.1) is 0 Å². The van der Waals surface area contributed by atoms with Crippen molar-refractivity contribution in [2.75, 3.05) is 6.54 Å². The number of halogens is 2. The van der Waals surface area contributed by atoms with Gasteiger partial charge in [0.15, 0.2) is 11.5 Å². The Morgan fingerprint density at radius 2 is 1.74 bits per heavy atom. The van der Waals surface area contributed by atoms with Crippen LogP contribution in [0.1, 0.15) is 24.5 Å². The van der Waals surface area contributed by atoms with Gasteiger partial charge in [0.2, 0.25) is 0 Å².